The Kier molecular flexibility index (Phi) is 6.23. The van der Waals surface area contributed by atoms with E-state index in [0.717, 1.165) is 43.1 Å². The molecule has 0 saturated carbocycles. The maximum Gasteiger partial charge on any atom is 0.340 e. The van der Waals surface area contributed by atoms with Gasteiger partial charge in [0.05, 0.1) is 23.4 Å². The van der Waals surface area contributed by atoms with Gasteiger partial charge in [0.1, 0.15) is 5.75 Å². The van der Waals surface area contributed by atoms with Crippen LogP contribution < -0.4 is 4.90 Å². The van der Waals surface area contributed by atoms with Crippen molar-refractivity contribution >= 4 is 22.6 Å². The fourth-order valence-corrected chi connectivity index (χ4v) is 4.80. The summed E-state index contributed by atoms with van der Waals surface area (Å²) in [6.45, 7) is 6.34. The lowest BCUT2D eigenvalue weighted by Crippen LogP contribution is -2.46. The van der Waals surface area contributed by atoms with Crippen LogP contribution in [0.4, 0.5) is 5.69 Å². The lowest BCUT2D eigenvalue weighted by molar-refractivity contribution is 0.0526. The molecule has 0 bridgehead atoms. The normalized spacial score (nSPS) is 14.4. The van der Waals surface area contributed by atoms with Crippen LogP contribution in [-0.2, 0) is 11.3 Å². The summed E-state index contributed by atoms with van der Waals surface area (Å²) < 4.78 is 7.60. The first-order valence-electron chi connectivity index (χ1n) is 11.8. The van der Waals surface area contributed by atoms with E-state index in [4.69, 9.17) is 4.74 Å². The summed E-state index contributed by atoms with van der Waals surface area (Å²) in [5.74, 6) is -0.225. The molecule has 1 aliphatic heterocycles. The van der Waals surface area contributed by atoms with Crippen LogP contribution in [0.15, 0.2) is 78.9 Å². The number of esters is 1. The van der Waals surface area contributed by atoms with Gasteiger partial charge in [-0.3, -0.25) is 4.90 Å². The number of hydrogen-bond acceptors (Lipinski definition) is 5. The molecule has 1 aliphatic rings. The van der Waals surface area contributed by atoms with Gasteiger partial charge in [0.15, 0.2) is 0 Å². The number of rotatable bonds is 6. The molecule has 1 N–H and O–H groups in total. The number of anilines is 1. The molecule has 1 fully saturated rings. The average molecular weight is 456 g/mol. The summed E-state index contributed by atoms with van der Waals surface area (Å²) >= 11 is 0. The molecule has 4 aromatic rings. The topological polar surface area (TPSA) is 57.9 Å². The predicted octanol–water partition coefficient (Wildman–Crippen LogP) is 4.84. The summed E-state index contributed by atoms with van der Waals surface area (Å²) in [5, 5.41) is 10.9. The Morgan fingerprint density at radius 2 is 1.53 bits per heavy atom. The minimum Gasteiger partial charge on any atom is -0.508 e. The van der Waals surface area contributed by atoms with Gasteiger partial charge in [-0.15, -0.1) is 0 Å². The highest BCUT2D eigenvalue weighted by Gasteiger charge is 2.27. The number of benzene rings is 3. The van der Waals surface area contributed by atoms with Crippen LogP contribution in [-0.4, -0.2) is 53.3 Å². The highest BCUT2D eigenvalue weighted by molar-refractivity contribution is 6.07. The van der Waals surface area contributed by atoms with Crippen LogP contribution in [0, 0.1) is 0 Å². The molecule has 0 radical (unpaired) electrons. The number of carbonyl (C=O) groups excluding carboxylic acids is 1. The first-order chi connectivity index (χ1) is 16.7. The second kappa shape index (κ2) is 9.61. The average Bonchev–Trinajstić information content (AvgIpc) is 3.18. The van der Waals surface area contributed by atoms with E-state index >= 15 is 0 Å². The third kappa shape index (κ3) is 4.24. The number of fused-ring (bicyclic) bond motifs is 1. The van der Waals surface area contributed by atoms with Crippen molar-refractivity contribution < 1.29 is 14.6 Å². The fourth-order valence-electron chi connectivity index (χ4n) is 4.80. The van der Waals surface area contributed by atoms with Gasteiger partial charge in [0, 0.05) is 49.5 Å². The summed E-state index contributed by atoms with van der Waals surface area (Å²) in [6, 6.07) is 25.7. The molecule has 0 unspecified atom stereocenters. The van der Waals surface area contributed by atoms with E-state index < -0.39 is 0 Å². The Bertz CT molecular complexity index is 1280. The summed E-state index contributed by atoms with van der Waals surface area (Å²) in [6.07, 6.45) is 0. The van der Waals surface area contributed by atoms with Gasteiger partial charge in [0.2, 0.25) is 0 Å². The molecule has 6 heteroatoms. The molecular formula is C28H29N3O3. The Morgan fingerprint density at radius 3 is 2.18 bits per heavy atom. The molecule has 174 valence electrons. The van der Waals surface area contributed by atoms with Gasteiger partial charge >= 0.3 is 5.97 Å². The van der Waals surface area contributed by atoms with Gasteiger partial charge in [-0.2, -0.15) is 0 Å². The van der Waals surface area contributed by atoms with Crippen LogP contribution in [0.3, 0.4) is 0 Å². The number of carbonyl (C=O) groups is 1. The zero-order valence-corrected chi connectivity index (χ0v) is 19.4. The van der Waals surface area contributed by atoms with Crippen molar-refractivity contribution in [3.05, 3.63) is 90.1 Å². The van der Waals surface area contributed by atoms with E-state index in [-0.39, 0.29) is 11.7 Å². The highest BCUT2D eigenvalue weighted by Crippen LogP contribution is 2.34. The van der Waals surface area contributed by atoms with Crippen molar-refractivity contribution in [2.24, 2.45) is 0 Å². The molecule has 2 heterocycles. The van der Waals surface area contributed by atoms with E-state index in [9.17, 15) is 9.90 Å². The summed E-state index contributed by atoms with van der Waals surface area (Å²) in [5.41, 5.74) is 4.51. The number of hydrogen-bond donors (Lipinski definition) is 1. The van der Waals surface area contributed by atoms with Gasteiger partial charge in [-0.05, 0) is 49.4 Å². The van der Waals surface area contributed by atoms with Crippen LogP contribution >= 0.6 is 0 Å². The molecule has 0 amide bonds. The number of ether oxygens (including phenoxy) is 1. The van der Waals surface area contributed by atoms with E-state index in [0.29, 0.717) is 24.1 Å². The second-order valence-electron chi connectivity index (χ2n) is 8.51. The zero-order chi connectivity index (χ0) is 23.5. The summed E-state index contributed by atoms with van der Waals surface area (Å²) in [7, 11) is 0. The summed E-state index contributed by atoms with van der Waals surface area (Å²) in [4.78, 5) is 18.0. The number of piperazine rings is 1. The monoisotopic (exact) mass is 455 g/mol. The molecule has 0 atom stereocenters. The van der Waals surface area contributed by atoms with Crippen molar-refractivity contribution in [3.8, 4) is 11.4 Å². The van der Waals surface area contributed by atoms with Crippen LogP contribution in [0.5, 0.6) is 5.75 Å². The Morgan fingerprint density at radius 1 is 0.882 bits per heavy atom. The minimum absolute atomic E-state index is 0.131. The Hall–Kier alpha value is -3.77. The molecule has 34 heavy (non-hydrogen) atoms. The van der Waals surface area contributed by atoms with Gasteiger partial charge < -0.3 is 19.3 Å². The first kappa shape index (κ1) is 22.0. The van der Waals surface area contributed by atoms with Crippen molar-refractivity contribution in [3.63, 3.8) is 0 Å². The second-order valence-corrected chi connectivity index (χ2v) is 8.51. The number of aromatic hydroxyl groups is 1. The number of phenolic OH excluding ortho intramolecular Hbond substituents is 1. The first-order valence-corrected chi connectivity index (χ1v) is 11.8. The molecular weight excluding hydrogens is 426 g/mol. The number of para-hydroxylation sites is 2. The lowest BCUT2D eigenvalue weighted by atomic mass is 10.1. The standard InChI is InChI=1S/C28H29N3O3/c1-2-34-28(33)27-24-19-23(32)13-14-25(24)31(22-11-7-4-8-12-22)26(27)20-29-15-17-30(18-16-29)21-9-5-3-6-10-21/h3-14,19,32H,2,15-18,20H2,1H3. The van der Waals surface area contributed by atoms with E-state index in [1.165, 1.54) is 5.69 Å². The maximum atomic E-state index is 13.2. The molecule has 3 aromatic carbocycles. The van der Waals surface area contributed by atoms with Crippen molar-refractivity contribution in [2.45, 2.75) is 13.5 Å². The SMILES string of the molecule is CCOC(=O)c1c(CN2CCN(c3ccccc3)CC2)n(-c2ccccc2)c2ccc(O)cc12. The predicted molar refractivity (Wildman–Crippen MR) is 135 cm³/mol. The van der Waals surface area contributed by atoms with Gasteiger partial charge in [-0.1, -0.05) is 36.4 Å². The highest BCUT2D eigenvalue weighted by atomic mass is 16.5. The van der Waals surface area contributed by atoms with E-state index in [1.54, 1.807) is 12.1 Å². The van der Waals surface area contributed by atoms with Crippen molar-refractivity contribution in [2.75, 3.05) is 37.7 Å². The van der Waals surface area contributed by atoms with Gasteiger partial charge in [-0.25, -0.2) is 4.79 Å². The molecule has 1 saturated heterocycles. The fraction of sp³-hybridized carbons (Fsp3) is 0.250. The van der Waals surface area contributed by atoms with Crippen LogP contribution in [0.2, 0.25) is 0 Å². The van der Waals surface area contributed by atoms with E-state index in [1.807, 2.05) is 49.4 Å². The largest absolute Gasteiger partial charge is 0.508 e. The lowest BCUT2D eigenvalue weighted by Gasteiger charge is -2.36. The molecule has 0 aliphatic carbocycles. The smallest absolute Gasteiger partial charge is 0.340 e. The third-order valence-electron chi connectivity index (χ3n) is 6.41. The van der Waals surface area contributed by atoms with Crippen LogP contribution in [0.1, 0.15) is 23.0 Å². The Balaban J connectivity index is 1.54. The minimum atomic E-state index is -0.356. The molecule has 1 aromatic heterocycles. The zero-order valence-electron chi connectivity index (χ0n) is 19.4. The Labute approximate surface area is 199 Å². The van der Waals surface area contributed by atoms with E-state index in [2.05, 4.69) is 38.6 Å². The van der Waals surface area contributed by atoms with Crippen molar-refractivity contribution in [1.82, 2.24) is 9.47 Å². The molecule has 6 nitrogen and oxygen atoms in total. The van der Waals surface area contributed by atoms with Crippen molar-refractivity contribution in [1.29, 1.82) is 0 Å². The third-order valence-corrected chi connectivity index (χ3v) is 6.41. The number of aromatic nitrogens is 1. The maximum absolute atomic E-state index is 13.2. The quantitative estimate of drug-likeness (QED) is 0.422. The molecule has 0 spiro atoms. The van der Waals surface area contributed by atoms with Crippen LogP contribution in [0.25, 0.3) is 16.6 Å². The number of nitrogens with zero attached hydrogens (tertiary/aromatic N) is 3. The van der Waals surface area contributed by atoms with Gasteiger partial charge in [0.25, 0.3) is 0 Å². The number of phenols is 1. The molecule has 5 rings (SSSR count).